The molecular weight excluding hydrogens is 256 g/mol. The number of H-pyrrole nitrogens is 1. The minimum Gasteiger partial charge on any atom is -0.493 e. The van der Waals surface area contributed by atoms with E-state index in [9.17, 15) is 9.90 Å². The predicted octanol–water partition coefficient (Wildman–Crippen LogP) is 2.48. The molecule has 0 radical (unpaired) electrons. The first-order valence-electron chi connectivity index (χ1n) is 6.71. The second-order valence-electron chi connectivity index (χ2n) is 4.93. The summed E-state index contributed by atoms with van der Waals surface area (Å²) in [6.45, 7) is 1.68. The fraction of sp³-hybridized carbons (Fsp3) is 0.357. The highest BCUT2D eigenvalue weighted by atomic mass is 16.3. The molecule has 0 atom stereocenters. The number of aromatic nitrogens is 1. The van der Waals surface area contributed by atoms with E-state index in [2.05, 4.69) is 20.5 Å². The van der Waals surface area contributed by atoms with Crippen LogP contribution < -0.4 is 5.32 Å². The molecule has 0 unspecified atom stereocenters. The van der Waals surface area contributed by atoms with Gasteiger partial charge in [0.25, 0.3) is 5.91 Å². The molecule has 3 rings (SSSR count). The zero-order valence-corrected chi connectivity index (χ0v) is 11.0. The van der Waals surface area contributed by atoms with Crippen molar-refractivity contribution in [1.82, 2.24) is 10.3 Å². The average molecular weight is 272 g/mol. The van der Waals surface area contributed by atoms with Crippen LogP contribution in [0.5, 0.6) is 5.88 Å². The molecule has 1 amide bonds. The lowest BCUT2D eigenvalue weighted by atomic mass is 9.98. The van der Waals surface area contributed by atoms with Gasteiger partial charge in [0.1, 0.15) is 0 Å². The lowest BCUT2D eigenvalue weighted by molar-refractivity contribution is -0.122. The van der Waals surface area contributed by atoms with E-state index in [4.69, 9.17) is 0 Å². The number of fused-ring (bicyclic) bond motifs is 1. The fourth-order valence-electron chi connectivity index (χ4n) is 2.46. The van der Waals surface area contributed by atoms with Gasteiger partial charge in [-0.25, -0.2) is 0 Å². The van der Waals surface area contributed by atoms with Gasteiger partial charge in [-0.05, 0) is 32.0 Å². The topological polar surface area (TPSA) is 89.8 Å². The third kappa shape index (κ3) is 2.42. The molecule has 3 N–H and O–H groups in total. The van der Waals surface area contributed by atoms with Gasteiger partial charge in [0, 0.05) is 11.3 Å². The lowest BCUT2D eigenvalue weighted by Gasteiger charge is -2.18. The monoisotopic (exact) mass is 272 g/mol. The maximum atomic E-state index is 12.0. The van der Waals surface area contributed by atoms with Crippen LogP contribution in [0.1, 0.15) is 12.8 Å². The van der Waals surface area contributed by atoms with E-state index in [1.807, 2.05) is 24.3 Å². The quantitative estimate of drug-likeness (QED) is 0.733. The van der Waals surface area contributed by atoms with Gasteiger partial charge < -0.3 is 15.4 Å². The fourth-order valence-corrected chi connectivity index (χ4v) is 2.46. The summed E-state index contributed by atoms with van der Waals surface area (Å²) >= 11 is 0. The molecule has 0 spiro atoms. The Labute approximate surface area is 115 Å². The van der Waals surface area contributed by atoms with E-state index in [1.165, 1.54) is 0 Å². The standard InChI is InChI=1S/C14H16N4O2/c19-13(9-5-7-15-8-6-9)18-17-12-10-3-1-2-4-11(10)16-14(12)20/h1-4,9,15-16,20H,5-8H2. The zero-order valence-electron chi connectivity index (χ0n) is 11.0. The van der Waals surface area contributed by atoms with E-state index in [0.717, 1.165) is 36.8 Å². The van der Waals surface area contributed by atoms with E-state index in [0.29, 0.717) is 5.69 Å². The van der Waals surface area contributed by atoms with Gasteiger partial charge in [0.15, 0.2) is 5.69 Å². The van der Waals surface area contributed by atoms with E-state index in [1.54, 1.807) is 0 Å². The Hall–Kier alpha value is -2.21. The molecule has 1 fully saturated rings. The Kier molecular flexibility index (Phi) is 3.47. The van der Waals surface area contributed by atoms with Crippen molar-refractivity contribution in [3.8, 4) is 5.88 Å². The third-order valence-corrected chi connectivity index (χ3v) is 3.60. The van der Waals surface area contributed by atoms with Crippen LogP contribution in [0.2, 0.25) is 0 Å². The highest BCUT2D eigenvalue weighted by Crippen LogP contribution is 2.35. The molecule has 20 heavy (non-hydrogen) atoms. The summed E-state index contributed by atoms with van der Waals surface area (Å²) in [6, 6.07) is 7.38. The van der Waals surface area contributed by atoms with Crippen LogP contribution in [-0.2, 0) is 4.79 Å². The highest BCUT2D eigenvalue weighted by molar-refractivity contribution is 5.94. The smallest absolute Gasteiger partial charge is 0.267 e. The van der Waals surface area contributed by atoms with Gasteiger partial charge in [-0.3, -0.25) is 4.79 Å². The molecule has 1 saturated heterocycles. The molecule has 1 aliphatic rings. The SMILES string of the molecule is O=C(N=Nc1c(O)[nH]c2ccccc12)C1CCNCC1. The average Bonchev–Trinajstić information content (AvgIpc) is 2.81. The second kappa shape index (κ2) is 5.42. The minimum absolute atomic E-state index is 0.0620. The Balaban J connectivity index is 1.83. The Morgan fingerprint density at radius 3 is 2.80 bits per heavy atom. The normalized spacial score (nSPS) is 17.0. The number of amides is 1. The third-order valence-electron chi connectivity index (χ3n) is 3.60. The second-order valence-corrected chi connectivity index (χ2v) is 4.93. The van der Waals surface area contributed by atoms with Crippen LogP contribution in [0.3, 0.4) is 0 Å². The van der Waals surface area contributed by atoms with Crippen LogP contribution in [0.15, 0.2) is 34.5 Å². The van der Waals surface area contributed by atoms with Gasteiger partial charge in [-0.1, -0.05) is 18.2 Å². The van der Waals surface area contributed by atoms with Crippen molar-refractivity contribution < 1.29 is 9.90 Å². The Morgan fingerprint density at radius 2 is 2.00 bits per heavy atom. The van der Waals surface area contributed by atoms with Crippen molar-refractivity contribution in [2.75, 3.05) is 13.1 Å². The highest BCUT2D eigenvalue weighted by Gasteiger charge is 2.21. The number of hydrogen-bond acceptors (Lipinski definition) is 4. The number of nitrogens with one attached hydrogen (secondary N) is 2. The number of aromatic hydroxyl groups is 1. The molecule has 2 aromatic rings. The van der Waals surface area contributed by atoms with E-state index >= 15 is 0 Å². The molecule has 104 valence electrons. The van der Waals surface area contributed by atoms with Gasteiger partial charge in [-0.15, -0.1) is 10.2 Å². The molecule has 1 aliphatic heterocycles. The van der Waals surface area contributed by atoms with Crippen LogP contribution >= 0.6 is 0 Å². The first kappa shape index (κ1) is 12.8. The van der Waals surface area contributed by atoms with Gasteiger partial charge in [0.2, 0.25) is 5.88 Å². The summed E-state index contributed by atoms with van der Waals surface area (Å²) in [5.74, 6) is -0.336. The first-order valence-corrected chi connectivity index (χ1v) is 6.71. The number of benzene rings is 1. The number of hydrogen-bond donors (Lipinski definition) is 3. The maximum Gasteiger partial charge on any atom is 0.267 e. The summed E-state index contributed by atoms with van der Waals surface area (Å²) in [7, 11) is 0. The summed E-state index contributed by atoms with van der Waals surface area (Å²) in [5.41, 5.74) is 1.09. The number of nitrogens with zero attached hydrogens (tertiary/aromatic N) is 2. The predicted molar refractivity (Wildman–Crippen MR) is 75.1 cm³/mol. The van der Waals surface area contributed by atoms with Crippen LogP contribution in [0.4, 0.5) is 5.69 Å². The van der Waals surface area contributed by atoms with Crippen molar-refractivity contribution in [3.63, 3.8) is 0 Å². The van der Waals surface area contributed by atoms with Crippen LogP contribution in [0, 0.1) is 5.92 Å². The van der Waals surface area contributed by atoms with Gasteiger partial charge in [0.05, 0.1) is 5.52 Å². The molecule has 0 bridgehead atoms. The molecule has 1 aromatic carbocycles. The molecule has 1 aromatic heterocycles. The molecule has 0 saturated carbocycles. The number of para-hydroxylation sites is 1. The van der Waals surface area contributed by atoms with E-state index < -0.39 is 0 Å². The number of azo groups is 1. The molecule has 2 heterocycles. The van der Waals surface area contributed by atoms with Crippen molar-refractivity contribution in [1.29, 1.82) is 0 Å². The maximum absolute atomic E-state index is 12.0. The summed E-state index contributed by atoms with van der Waals surface area (Å²) in [5, 5.41) is 21.5. The number of carbonyl (C=O) groups excluding carboxylic acids is 1. The van der Waals surface area contributed by atoms with Crippen LogP contribution in [-0.4, -0.2) is 29.1 Å². The minimum atomic E-state index is -0.212. The molecular formula is C14H16N4O2. The largest absolute Gasteiger partial charge is 0.493 e. The number of aromatic amines is 1. The Morgan fingerprint density at radius 1 is 1.25 bits per heavy atom. The van der Waals surface area contributed by atoms with Crippen molar-refractivity contribution >= 4 is 22.5 Å². The zero-order chi connectivity index (χ0) is 13.9. The van der Waals surface area contributed by atoms with Gasteiger partial charge >= 0.3 is 0 Å². The summed E-state index contributed by atoms with van der Waals surface area (Å²) in [6.07, 6.45) is 1.58. The summed E-state index contributed by atoms with van der Waals surface area (Å²) < 4.78 is 0. The van der Waals surface area contributed by atoms with Crippen molar-refractivity contribution in [2.45, 2.75) is 12.8 Å². The number of rotatable bonds is 2. The van der Waals surface area contributed by atoms with Gasteiger partial charge in [-0.2, -0.15) is 0 Å². The summed E-state index contributed by atoms with van der Waals surface area (Å²) in [4.78, 5) is 14.8. The van der Waals surface area contributed by atoms with E-state index in [-0.39, 0.29) is 17.7 Å². The molecule has 6 heteroatoms. The van der Waals surface area contributed by atoms with Crippen molar-refractivity contribution in [3.05, 3.63) is 24.3 Å². The molecule has 0 aliphatic carbocycles. The Bertz CT molecular complexity index is 656. The van der Waals surface area contributed by atoms with Crippen molar-refractivity contribution in [2.24, 2.45) is 16.1 Å². The number of piperidine rings is 1. The molecule has 6 nitrogen and oxygen atoms in total. The van der Waals surface area contributed by atoms with Crippen LogP contribution in [0.25, 0.3) is 10.9 Å². The first-order chi connectivity index (χ1) is 9.75. The number of carbonyl (C=O) groups is 1. The lowest BCUT2D eigenvalue weighted by Crippen LogP contribution is -2.31.